The summed E-state index contributed by atoms with van der Waals surface area (Å²) in [6.45, 7) is 6.77. The Balaban J connectivity index is 0.0000101. The second kappa shape index (κ2) is 29.0. The van der Waals surface area contributed by atoms with Gasteiger partial charge < -0.3 is 0 Å². The monoisotopic (exact) mass is 698 g/mol. The summed E-state index contributed by atoms with van der Waals surface area (Å²) in [6.07, 6.45) is 26.7. The van der Waals surface area contributed by atoms with E-state index in [1.54, 1.807) is 0 Å². The predicted molar refractivity (Wildman–Crippen MR) is 196 cm³/mol. The zero-order chi connectivity index (χ0) is 31.3. The van der Waals surface area contributed by atoms with Crippen LogP contribution >= 0.6 is 0 Å². The molecule has 0 aliphatic carbocycles. The third-order valence-corrected chi connectivity index (χ3v) is 7.99. The van der Waals surface area contributed by atoms with E-state index in [-0.39, 0.29) is 20.4 Å². The molecule has 0 heterocycles. The molecule has 2 rings (SSSR count). The van der Waals surface area contributed by atoms with Gasteiger partial charge in [0.15, 0.2) is 0 Å². The zero-order valence-corrected chi connectivity index (χ0v) is 30.3. The summed E-state index contributed by atoms with van der Waals surface area (Å²) in [5, 5.41) is 0. The fraction of sp³-hybridized carbons (Fsp3) is 0.571. The first-order chi connectivity index (χ1) is 21.8. The minimum atomic E-state index is 0. The third-order valence-electron chi connectivity index (χ3n) is 7.99. The average Bonchev–Trinajstić information content (AvgIpc) is 3.05. The summed E-state index contributed by atoms with van der Waals surface area (Å²) in [4.78, 5) is 10.1. The van der Waals surface area contributed by atoms with E-state index < -0.39 is 0 Å². The fourth-order valence-electron chi connectivity index (χ4n) is 5.22. The molecule has 0 amide bonds. The number of hydrogen-bond donors (Lipinski definition) is 0. The van der Waals surface area contributed by atoms with Gasteiger partial charge in [-0.15, -0.1) is 23.7 Å². The Morgan fingerprint density at radius 3 is 1.53 bits per heavy atom. The topological polar surface area (TPSA) is 24.7 Å². The molecule has 0 atom stereocenters. The first kappa shape index (κ1) is 40.6. The molecule has 0 saturated heterocycles. The number of aryl methyl sites for hydroxylation is 2. The quantitative estimate of drug-likeness (QED) is 0.0506. The average molecular weight is 699 g/mol. The maximum Gasteiger partial charge on any atom is 0.0665 e. The maximum atomic E-state index is 5.13. The van der Waals surface area contributed by atoms with E-state index in [9.17, 15) is 0 Å². The van der Waals surface area contributed by atoms with Crippen LogP contribution in [0, 0.1) is 23.7 Å². The summed E-state index contributed by atoms with van der Waals surface area (Å²) in [5.41, 5.74) is 5.65. The van der Waals surface area contributed by atoms with Crippen LogP contribution in [0.15, 0.2) is 58.5 Å². The van der Waals surface area contributed by atoms with Gasteiger partial charge in [0, 0.05) is 52.3 Å². The number of benzene rings is 2. The van der Waals surface area contributed by atoms with Crippen LogP contribution in [0.25, 0.3) is 0 Å². The van der Waals surface area contributed by atoms with Crippen LogP contribution in [-0.4, -0.2) is 11.9 Å². The Bertz CT molecular complexity index is 1200. The van der Waals surface area contributed by atoms with Crippen LogP contribution < -0.4 is 0 Å². The fourth-order valence-corrected chi connectivity index (χ4v) is 5.22. The molecule has 2 aromatic carbocycles. The molecule has 2 nitrogen and oxygen atoms in total. The van der Waals surface area contributed by atoms with Crippen molar-refractivity contribution in [1.82, 2.24) is 0 Å². The summed E-state index contributed by atoms with van der Waals surface area (Å²) in [7, 11) is 0. The summed E-state index contributed by atoms with van der Waals surface area (Å²) in [5.74, 6) is 13.6. The number of unbranched alkanes of at least 4 members (excludes halogenated alkanes) is 13. The summed E-state index contributed by atoms with van der Waals surface area (Å²) >= 11 is 0. The van der Waals surface area contributed by atoms with Gasteiger partial charge in [-0.25, -0.2) is 0 Å². The van der Waals surface area contributed by atoms with Gasteiger partial charge in [0.05, 0.1) is 17.1 Å². The van der Waals surface area contributed by atoms with Crippen molar-refractivity contribution in [2.75, 3.05) is 0 Å². The molecule has 0 N–H and O–H groups in total. The van der Waals surface area contributed by atoms with Gasteiger partial charge in [-0.05, 0) is 61.8 Å². The molecule has 0 radical (unpaired) electrons. The van der Waals surface area contributed by atoms with Crippen molar-refractivity contribution in [3.05, 3.63) is 59.7 Å². The second-order valence-corrected chi connectivity index (χ2v) is 12.0. The van der Waals surface area contributed by atoms with E-state index in [1.807, 2.05) is 6.21 Å². The Hall–Kier alpha value is -2.44. The predicted octanol–water partition coefficient (Wildman–Crippen LogP) is 12.7. The second-order valence-electron chi connectivity index (χ2n) is 12.0. The van der Waals surface area contributed by atoms with Crippen LogP contribution in [0.4, 0.5) is 11.4 Å². The molecule has 0 aliphatic rings. The molecular formula is C42H60N2Pd. The Morgan fingerprint density at radius 1 is 0.533 bits per heavy atom. The minimum absolute atomic E-state index is 0. The van der Waals surface area contributed by atoms with Gasteiger partial charge >= 0.3 is 0 Å². The molecule has 2 aromatic rings. The number of para-hydroxylation sites is 2. The van der Waals surface area contributed by atoms with Crippen molar-refractivity contribution in [3.63, 3.8) is 0 Å². The van der Waals surface area contributed by atoms with E-state index in [0.29, 0.717) is 0 Å². The molecule has 3 heteroatoms. The number of hydrogen-bond acceptors (Lipinski definition) is 2. The van der Waals surface area contributed by atoms with Gasteiger partial charge in [-0.1, -0.05) is 128 Å². The van der Waals surface area contributed by atoms with Gasteiger partial charge in [0.1, 0.15) is 0 Å². The first-order valence-corrected chi connectivity index (χ1v) is 18.0. The Labute approximate surface area is 291 Å². The van der Waals surface area contributed by atoms with E-state index in [4.69, 9.17) is 9.98 Å². The largest absolute Gasteiger partial charge is 0.255 e. The van der Waals surface area contributed by atoms with Crippen LogP contribution in [0.5, 0.6) is 0 Å². The van der Waals surface area contributed by atoms with Gasteiger partial charge in [-0.2, -0.15) is 0 Å². The normalized spacial score (nSPS) is 11.0. The number of nitrogens with zero attached hydrogens (tertiary/aromatic N) is 2. The Morgan fingerprint density at radius 2 is 0.978 bits per heavy atom. The zero-order valence-electron chi connectivity index (χ0n) is 28.8. The van der Waals surface area contributed by atoms with Gasteiger partial charge in [0.2, 0.25) is 0 Å². The molecule has 0 unspecified atom stereocenters. The van der Waals surface area contributed by atoms with Crippen LogP contribution in [-0.2, 0) is 33.3 Å². The van der Waals surface area contributed by atoms with Crippen molar-refractivity contribution in [2.24, 2.45) is 9.98 Å². The van der Waals surface area contributed by atoms with Crippen molar-refractivity contribution < 1.29 is 20.4 Å². The Kier molecular flexibility index (Phi) is 26.2. The van der Waals surface area contributed by atoms with E-state index in [0.717, 1.165) is 74.9 Å². The molecule has 248 valence electrons. The number of aliphatic imine (C=N–C) groups is 2. The smallest absolute Gasteiger partial charge is 0.0665 e. The van der Waals surface area contributed by atoms with Crippen molar-refractivity contribution >= 4 is 23.3 Å². The number of rotatable bonds is 22. The molecule has 0 bridgehead atoms. The molecule has 0 aliphatic heterocycles. The summed E-state index contributed by atoms with van der Waals surface area (Å²) < 4.78 is 0. The summed E-state index contributed by atoms with van der Waals surface area (Å²) in [6, 6.07) is 17.0. The molecule has 45 heavy (non-hydrogen) atoms. The van der Waals surface area contributed by atoms with Crippen molar-refractivity contribution in [1.29, 1.82) is 0 Å². The maximum absolute atomic E-state index is 5.13. The molecule has 0 saturated carbocycles. The third kappa shape index (κ3) is 20.3. The van der Waals surface area contributed by atoms with Gasteiger partial charge in [0.25, 0.3) is 0 Å². The first-order valence-electron chi connectivity index (χ1n) is 18.0. The van der Waals surface area contributed by atoms with E-state index >= 15 is 0 Å². The van der Waals surface area contributed by atoms with Crippen LogP contribution in [0.3, 0.4) is 0 Å². The SMILES string of the molecule is CCCCCCCCC#CCCc1ccccc1/N=C(\C=N\c1ccccc1CCC#CCCCCCCCC)CCCC.[Pd]. The minimum Gasteiger partial charge on any atom is -0.255 e. The van der Waals surface area contributed by atoms with Crippen LogP contribution in [0.1, 0.15) is 154 Å². The van der Waals surface area contributed by atoms with Crippen LogP contribution in [0.2, 0.25) is 0 Å². The van der Waals surface area contributed by atoms with Crippen molar-refractivity contribution in [3.8, 4) is 23.7 Å². The van der Waals surface area contributed by atoms with E-state index in [2.05, 4.69) is 93.0 Å². The van der Waals surface area contributed by atoms with Gasteiger partial charge in [-0.3, -0.25) is 9.98 Å². The molecule has 0 aromatic heterocycles. The van der Waals surface area contributed by atoms with Crippen molar-refractivity contribution in [2.45, 2.75) is 156 Å². The van der Waals surface area contributed by atoms with E-state index in [1.165, 1.54) is 88.2 Å². The standard InChI is InChI=1S/C42H60N2.Pd/c1-4-7-10-12-14-16-18-20-22-24-30-38-32-26-28-35-41(38)43-37-40(34-9-6-3)44-42-36-29-27-33-39(42)31-25-23-21-19-17-15-13-11-8-5-2;/h26-29,32-33,35-37H,4-19,24-25,30-31,34H2,1-3H3;/b43-37+,44-40-;. The molecule has 0 spiro atoms. The molecule has 0 fully saturated rings. The molecular weight excluding hydrogens is 639 g/mol.